The highest BCUT2D eigenvalue weighted by molar-refractivity contribution is 7.98. The van der Waals surface area contributed by atoms with E-state index in [2.05, 4.69) is 5.32 Å². The Labute approximate surface area is 118 Å². The van der Waals surface area contributed by atoms with Gasteiger partial charge in [0.2, 0.25) is 0 Å². The van der Waals surface area contributed by atoms with Crippen LogP contribution in [-0.2, 0) is 0 Å². The molecule has 0 spiro atoms. The number of aryl methyl sites for hydroxylation is 1. The van der Waals surface area contributed by atoms with Crippen molar-refractivity contribution < 1.29 is 9.90 Å². The molecule has 0 radical (unpaired) electrons. The number of rotatable bonds is 3. The fourth-order valence-electron chi connectivity index (χ4n) is 2.36. The Balaban J connectivity index is 2.13. The van der Waals surface area contributed by atoms with Crippen LogP contribution in [0.25, 0.3) is 0 Å². The molecule has 4 heteroatoms. The average molecular weight is 279 g/mol. The Morgan fingerprint density at radius 3 is 2.68 bits per heavy atom. The molecule has 2 unspecified atom stereocenters. The van der Waals surface area contributed by atoms with Crippen molar-refractivity contribution in [1.29, 1.82) is 0 Å². The van der Waals surface area contributed by atoms with E-state index in [1.54, 1.807) is 11.8 Å². The lowest BCUT2D eigenvalue weighted by molar-refractivity contribution is -0.0689. The van der Waals surface area contributed by atoms with Crippen LogP contribution >= 0.6 is 11.8 Å². The van der Waals surface area contributed by atoms with Crippen LogP contribution < -0.4 is 5.32 Å². The predicted octanol–water partition coefficient (Wildman–Crippen LogP) is 2.61. The number of carbonyl (C=O) groups is 1. The second-order valence-corrected chi connectivity index (χ2v) is 6.66. The minimum absolute atomic E-state index is 0.0432. The second kappa shape index (κ2) is 5.17. The second-order valence-electron chi connectivity index (χ2n) is 5.78. The van der Waals surface area contributed by atoms with Crippen LogP contribution in [-0.4, -0.2) is 29.4 Å². The SMILES string of the molecule is CSc1ccc(C)c(C(=O)NC2CC(O)C2(C)C)c1. The molecule has 19 heavy (non-hydrogen) atoms. The van der Waals surface area contributed by atoms with Gasteiger partial charge in [-0.1, -0.05) is 19.9 Å². The maximum absolute atomic E-state index is 12.3. The maximum Gasteiger partial charge on any atom is 0.251 e. The first-order valence-corrected chi connectivity index (χ1v) is 7.72. The molecule has 1 amide bonds. The van der Waals surface area contributed by atoms with Gasteiger partial charge in [0.1, 0.15) is 0 Å². The summed E-state index contributed by atoms with van der Waals surface area (Å²) in [4.78, 5) is 13.4. The molecule has 2 N–H and O–H groups in total. The van der Waals surface area contributed by atoms with Gasteiger partial charge in [0.05, 0.1) is 6.10 Å². The van der Waals surface area contributed by atoms with Crippen molar-refractivity contribution in [1.82, 2.24) is 5.32 Å². The van der Waals surface area contributed by atoms with Crippen LogP contribution in [0.15, 0.2) is 23.1 Å². The van der Waals surface area contributed by atoms with Crippen LogP contribution in [0, 0.1) is 12.3 Å². The topological polar surface area (TPSA) is 49.3 Å². The summed E-state index contributed by atoms with van der Waals surface area (Å²) in [5.41, 5.74) is 1.47. The zero-order valence-corrected chi connectivity index (χ0v) is 12.7. The van der Waals surface area contributed by atoms with Crippen LogP contribution in [0.2, 0.25) is 0 Å². The number of carbonyl (C=O) groups excluding carboxylic acids is 1. The van der Waals surface area contributed by atoms with E-state index in [1.807, 2.05) is 45.2 Å². The Hall–Kier alpha value is -1.00. The fraction of sp³-hybridized carbons (Fsp3) is 0.533. The van der Waals surface area contributed by atoms with Gasteiger partial charge in [-0.3, -0.25) is 4.79 Å². The van der Waals surface area contributed by atoms with Crippen LogP contribution in [0.1, 0.15) is 36.2 Å². The fourth-order valence-corrected chi connectivity index (χ4v) is 2.80. The maximum atomic E-state index is 12.3. The van der Waals surface area contributed by atoms with Crippen LogP contribution in [0.5, 0.6) is 0 Å². The molecule has 2 rings (SSSR count). The van der Waals surface area contributed by atoms with Gasteiger partial charge in [-0.25, -0.2) is 0 Å². The average Bonchev–Trinajstić information content (AvgIpc) is 2.38. The molecule has 1 fully saturated rings. The highest BCUT2D eigenvalue weighted by Crippen LogP contribution is 2.40. The molecule has 1 aromatic rings. The largest absolute Gasteiger partial charge is 0.392 e. The molecule has 3 nitrogen and oxygen atoms in total. The van der Waals surface area contributed by atoms with Crippen molar-refractivity contribution in [3.8, 4) is 0 Å². The van der Waals surface area contributed by atoms with E-state index in [-0.39, 0.29) is 23.5 Å². The molecule has 0 saturated heterocycles. The highest BCUT2D eigenvalue weighted by Gasteiger charge is 2.48. The molecule has 1 aliphatic rings. The van der Waals surface area contributed by atoms with Crippen molar-refractivity contribution in [3.05, 3.63) is 29.3 Å². The summed E-state index contributed by atoms with van der Waals surface area (Å²) in [5.74, 6) is -0.0432. The first kappa shape index (κ1) is 14.4. The first-order valence-electron chi connectivity index (χ1n) is 6.50. The zero-order chi connectivity index (χ0) is 14.2. The van der Waals surface area contributed by atoms with Gasteiger partial charge in [-0.05, 0) is 37.3 Å². The molecule has 0 heterocycles. The number of amides is 1. The van der Waals surface area contributed by atoms with Gasteiger partial charge >= 0.3 is 0 Å². The monoisotopic (exact) mass is 279 g/mol. The third-order valence-corrected chi connectivity index (χ3v) is 4.94. The van der Waals surface area contributed by atoms with E-state index in [1.165, 1.54) is 0 Å². The third-order valence-electron chi connectivity index (χ3n) is 4.21. The summed E-state index contributed by atoms with van der Waals surface area (Å²) < 4.78 is 0. The molecule has 0 aromatic heterocycles. The number of thioether (sulfide) groups is 1. The first-order chi connectivity index (χ1) is 8.86. The summed E-state index contributed by atoms with van der Waals surface area (Å²) in [5, 5.41) is 12.7. The lowest BCUT2D eigenvalue weighted by atomic mass is 9.64. The normalized spacial score (nSPS) is 24.7. The Morgan fingerprint density at radius 2 is 2.16 bits per heavy atom. The molecular formula is C15H21NO2S. The summed E-state index contributed by atoms with van der Waals surface area (Å²) >= 11 is 1.63. The number of aliphatic hydroxyl groups excluding tert-OH is 1. The lowest BCUT2D eigenvalue weighted by Crippen LogP contribution is -2.61. The zero-order valence-electron chi connectivity index (χ0n) is 11.9. The van der Waals surface area contributed by atoms with E-state index >= 15 is 0 Å². The summed E-state index contributed by atoms with van der Waals surface area (Å²) in [7, 11) is 0. The molecule has 2 atom stereocenters. The Bertz CT molecular complexity index is 499. The lowest BCUT2D eigenvalue weighted by Gasteiger charge is -2.49. The standard InChI is InChI=1S/C15H21NO2S/c1-9-5-6-10(19-4)7-11(9)14(18)16-12-8-13(17)15(12,2)3/h5-7,12-13,17H,8H2,1-4H3,(H,16,18). The Morgan fingerprint density at radius 1 is 1.47 bits per heavy atom. The third kappa shape index (κ3) is 2.65. The minimum Gasteiger partial charge on any atom is -0.392 e. The number of hydrogen-bond acceptors (Lipinski definition) is 3. The summed E-state index contributed by atoms with van der Waals surface area (Å²) in [6.07, 6.45) is 2.31. The van der Waals surface area contributed by atoms with Crippen LogP contribution in [0.3, 0.4) is 0 Å². The summed E-state index contributed by atoms with van der Waals surface area (Å²) in [6.45, 7) is 5.91. The van der Waals surface area contributed by atoms with Crippen molar-refractivity contribution >= 4 is 17.7 Å². The van der Waals surface area contributed by atoms with Crippen molar-refractivity contribution in [3.63, 3.8) is 0 Å². The van der Waals surface area contributed by atoms with E-state index in [0.29, 0.717) is 6.42 Å². The predicted molar refractivity (Wildman–Crippen MR) is 78.6 cm³/mol. The summed E-state index contributed by atoms with van der Waals surface area (Å²) in [6, 6.07) is 5.97. The molecule has 0 aliphatic heterocycles. The van der Waals surface area contributed by atoms with Crippen molar-refractivity contribution in [2.24, 2.45) is 5.41 Å². The Kier molecular flexibility index (Phi) is 3.92. The van der Waals surface area contributed by atoms with Crippen LogP contribution in [0.4, 0.5) is 0 Å². The van der Waals surface area contributed by atoms with E-state index in [9.17, 15) is 9.90 Å². The van der Waals surface area contributed by atoms with E-state index in [0.717, 1.165) is 16.0 Å². The van der Waals surface area contributed by atoms with Crippen molar-refractivity contribution in [2.45, 2.75) is 44.2 Å². The molecule has 1 saturated carbocycles. The van der Waals surface area contributed by atoms with Gasteiger partial charge in [-0.15, -0.1) is 11.8 Å². The number of benzene rings is 1. The van der Waals surface area contributed by atoms with Gasteiger partial charge in [0.15, 0.2) is 0 Å². The molecule has 1 aromatic carbocycles. The number of nitrogens with one attached hydrogen (secondary N) is 1. The van der Waals surface area contributed by atoms with Gasteiger partial charge in [0, 0.05) is 21.9 Å². The van der Waals surface area contributed by atoms with Crippen molar-refractivity contribution in [2.75, 3.05) is 6.26 Å². The number of aliphatic hydroxyl groups is 1. The molecule has 104 valence electrons. The smallest absolute Gasteiger partial charge is 0.251 e. The minimum atomic E-state index is -0.323. The van der Waals surface area contributed by atoms with E-state index < -0.39 is 0 Å². The van der Waals surface area contributed by atoms with E-state index in [4.69, 9.17) is 0 Å². The molecular weight excluding hydrogens is 258 g/mol. The molecule has 1 aliphatic carbocycles. The molecule has 0 bridgehead atoms. The van der Waals surface area contributed by atoms with Gasteiger partial charge < -0.3 is 10.4 Å². The van der Waals surface area contributed by atoms with Gasteiger partial charge in [-0.2, -0.15) is 0 Å². The quantitative estimate of drug-likeness (QED) is 0.836. The highest BCUT2D eigenvalue weighted by atomic mass is 32.2. The number of hydrogen-bond donors (Lipinski definition) is 2. The van der Waals surface area contributed by atoms with Gasteiger partial charge in [0.25, 0.3) is 5.91 Å².